The zero-order valence-corrected chi connectivity index (χ0v) is 12.4. The summed E-state index contributed by atoms with van der Waals surface area (Å²) >= 11 is 0. The van der Waals surface area contributed by atoms with E-state index >= 15 is 0 Å². The van der Waals surface area contributed by atoms with E-state index in [1.165, 1.54) is 11.1 Å². The predicted octanol–water partition coefficient (Wildman–Crippen LogP) is 4.96. The van der Waals surface area contributed by atoms with Crippen molar-refractivity contribution in [2.24, 2.45) is 0 Å². The van der Waals surface area contributed by atoms with Crippen LogP contribution in [0.5, 0.6) is 11.5 Å². The molecule has 2 aromatic rings. The number of nitriles is 1. The third-order valence-corrected chi connectivity index (χ3v) is 3.13. The Hall–Kier alpha value is -2.27. The molecule has 0 radical (unpaired) electrons. The average Bonchev–Trinajstić information content (AvgIpc) is 2.40. The normalized spacial score (nSPS) is 10.9. The first kappa shape index (κ1) is 14.1. The standard InChI is InChI=1S/C18H19NO/c1-13-8-9-17(16(10-13)18(2,3)4)20-15-7-5-6-14(11-15)12-19/h5-11H,1-4H3. The number of ether oxygens (including phenoxy) is 1. The summed E-state index contributed by atoms with van der Waals surface area (Å²) < 4.78 is 5.98. The van der Waals surface area contributed by atoms with E-state index in [2.05, 4.69) is 39.8 Å². The fraction of sp³-hybridized carbons (Fsp3) is 0.278. The van der Waals surface area contributed by atoms with Crippen LogP contribution in [0.1, 0.15) is 37.5 Å². The van der Waals surface area contributed by atoms with Crippen molar-refractivity contribution >= 4 is 0 Å². The molecule has 20 heavy (non-hydrogen) atoms. The molecule has 102 valence electrons. The van der Waals surface area contributed by atoms with Gasteiger partial charge >= 0.3 is 0 Å². The summed E-state index contributed by atoms with van der Waals surface area (Å²) in [6.45, 7) is 8.58. The topological polar surface area (TPSA) is 33.0 Å². The van der Waals surface area contributed by atoms with E-state index in [0.29, 0.717) is 11.3 Å². The second-order valence-corrected chi connectivity index (χ2v) is 5.99. The van der Waals surface area contributed by atoms with Gasteiger partial charge in [0.05, 0.1) is 11.6 Å². The second kappa shape index (κ2) is 5.38. The minimum absolute atomic E-state index is 0.00813. The molecule has 0 unspecified atom stereocenters. The van der Waals surface area contributed by atoms with Gasteiger partial charge in [-0.25, -0.2) is 0 Å². The van der Waals surface area contributed by atoms with Gasteiger partial charge in [0.15, 0.2) is 0 Å². The number of nitrogens with zero attached hydrogens (tertiary/aromatic N) is 1. The van der Waals surface area contributed by atoms with Crippen molar-refractivity contribution in [2.45, 2.75) is 33.1 Å². The third-order valence-electron chi connectivity index (χ3n) is 3.13. The molecule has 0 aliphatic carbocycles. The highest BCUT2D eigenvalue weighted by Crippen LogP contribution is 2.34. The molecular weight excluding hydrogens is 246 g/mol. The van der Waals surface area contributed by atoms with Crippen LogP contribution in [-0.2, 0) is 5.41 Å². The van der Waals surface area contributed by atoms with Gasteiger partial charge in [-0.15, -0.1) is 0 Å². The molecule has 0 spiro atoms. The molecule has 2 aromatic carbocycles. The van der Waals surface area contributed by atoms with Crippen LogP contribution in [0, 0.1) is 18.3 Å². The van der Waals surface area contributed by atoms with E-state index in [0.717, 1.165) is 5.75 Å². The molecule has 0 bridgehead atoms. The molecule has 0 heterocycles. The molecule has 0 N–H and O–H groups in total. The summed E-state index contributed by atoms with van der Waals surface area (Å²) in [5.41, 5.74) is 2.99. The monoisotopic (exact) mass is 265 g/mol. The molecule has 0 aliphatic heterocycles. The van der Waals surface area contributed by atoms with E-state index in [1.54, 1.807) is 12.1 Å². The van der Waals surface area contributed by atoms with Crippen molar-refractivity contribution in [1.29, 1.82) is 5.26 Å². The highest BCUT2D eigenvalue weighted by molar-refractivity contribution is 5.45. The summed E-state index contributed by atoms with van der Waals surface area (Å²) in [4.78, 5) is 0. The average molecular weight is 265 g/mol. The number of aryl methyl sites for hydroxylation is 1. The minimum atomic E-state index is 0.00813. The molecule has 2 nitrogen and oxygen atoms in total. The first-order valence-electron chi connectivity index (χ1n) is 6.69. The lowest BCUT2D eigenvalue weighted by Crippen LogP contribution is -2.12. The van der Waals surface area contributed by atoms with Crippen molar-refractivity contribution in [3.63, 3.8) is 0 Å². The van der Waals surface area contributed by atoms with Crippen molar-refractivity contribution < 1.29 is 4.74 Å². The highest BCUT2D eigenvalue weighted by Gasteiger charge is 2.19. The van der Waals surface area contributed by atoms with Crippen molar-refractivity contribution in [3.05, 3.63) is 59.2 Å². The van der Waals surface area contributed by atoms with Crippen LogP contribution >= 0.6 is 0 Å². The Kier molecular flexibility index (Phi) is 3.81. The number of rotatable bonds is 2. The lowest BCUT2D eigenvalue weighted by atomic mass is 9.85. The first-order chi connectivity index (χ1) is 9.40. The van der Waals surface area contributed by atoms with Gasteiger partial charge in [0.1, 0.15) is 11.5 Å². The smallest absolute Gasteiger partial charge is 0.131 e. The fourth-order valence-electron chi connectivity index (χ4n) is 2.08. The quantitative estimate of drug-likeness (QED) is 0.769. The summed E-state index contributed by atoms with van der Waals surface area (Å²) in [5.74, 6) is 1.54. The first-order valence-corrected chi connectivity index (χ1v) is 6.69. The Morgan fingerprint density at radius 2 is 1.80 bits per heavy atom. The summed E-state index contributed by atoms with van der Waals surface area (Å²) in [6.07, 6.45) is 0. The number of hydrogen-bond acceptors (Lipinski definition) is 2. The van der Waals surface area contributed by atoms with Crippen molar-refractivity contribution in [1.82, 2.24) is 0 Å². The van der Waals surface area contributed by atoms with Crippen LogP contribution in [0.15, 0.2) is 42.5 Å². The maximum absolute atomic E-state index is 8.94. The molecule has 0 saturated carbocycles. The summed E-state index contributed by atoms with van der Waals surface area (Å²) in [5, 5.41) is 8.94. The number of hydrogen-bond donors (Lipinski definition) is 0. The molecule has 0 amide bonds. The molecule has 0 fully saturated rings. The fourth-order valence-corrected chi connectivity index (χ4v) is 2.08. The Bertz CT molecular complexity index is 660. The third kappa shape index (κ3) is 3.19. The van der Waals surface area contributed by atoms with Crippen LogP contribution in [-0.4, -0.2) is 0 Å². The van der Waals surface area contributed by atoms with E-state index in [4.69, 9.17) is 10.00 Å². The van der Waals surface area contributed by atoms with Gasteiger partial charge in [0, 0.05) is 5.56 Å². The molecular formula is C18H19NO. The lowest BCUT2D eigenvalue weighted by Gasteiger charge is -2.23. The highest BCUT2D eigenvalue weighted by atomic mass is 16.5. The summed E-state index contributed by atoms with van der Waals surface area (Å²) in [6, 6.07) is 15.5. The minimum Gasteiger partial charge on any atom is -0.457 e. The van der Waals surface area contributed by atoms with Crippen molar-refractivity contribution in [2.75, 3.05) is 0 Å². The summed E-state index contributed by atoms with van der Waals surface area (Å²) in [7, 11) is 0. The van der Waals surface area contributed by atoms with E-state index in [1.807, 2.05) is 24.3 Å². The Morgan fingerprint density at radius 3 is 2.45 bits per heavy atom. The van der Waals surface area contributed by atoms with Crippen molar-refractivity contribution in [3.8, 4) is 17.6 Å². The Balaban J connectivity index is 2.41. The molecule has 0 aliphatic rings. The van der Waals surface area contributed by atoms with Gasteiger partial charge in [0.25, 0.3) is 0 Å². The molecule has 0 atom stereocenters. The van der Waals surface area contributed by atoms with E-state index in [-0.39, 0.29) is 5.41 Å². The maximum Gasteiger partial charge on any atom is 0.131 e. The molecule has 0 saturated heterocycles. The number of benzene rings is 2. The molecule has 2 rings (SSSR count). The maximum atomic E-state index is 8.94. The van der Waals surface area contributed by atoms with Gasteiger partial charge in [-0.2, -0.15) is 5.26 Å². The largest absolute Gasteiger partial charge is 0.457 e. The van der Waals surface area contributed by atoms with Gasteiger partial charge in [-0.1, -0.05) is 44.5 Å². The Morgan fingerprint density at radius 1 is 1.05 bits per heavy atom. The van der Waals surface area contributed by atoms with Gasteiger partial charge in [-0.3, -0.25) is 0 Å². The molecule has 2 heteroatoms. The van der Waals surface area contributed by atoms with Crippen LogP contribution < -0.4 is 4.74 Å². The van der Waals surface area contributed by atoms with Crippen LogP contribution in [0.25, 0.3) is 0 Å². The molecule has 0 aromatic heterocycles. The van der Waals surface area contributed by atoms with Crippen LogP contribution in [0.4, 0.5) is 0 Å². The lowest BCUT2D eigenvalue weighted by molar-refractivity contribution is 0.455. The predicted molar refractivity (Wildman–Crippen MR) is 81.1 cm³/mol. The zero-order valence-electron chi connectivity index (χ0n) is 12.4. The zero-order chi connectivity index (χ0) is 14.8. The van der Waals surface area contributed by atoms with Gasteiger partial charge in [-0.05, 0) is 36.6 Å². The van der Waals surface area contributed by atoms with Gasteiger partial charge in [0.2, 0.25) is 0 Å². The second-order valence-electron chi connectivity index (χ2n) is 5.99. The Labute approximate surface area is 120 Å². The van der Waals surface area contributed by atoms with Gasteiger partial charge < -0.3 is 4.74 Å². The van der Waals surface area contributed by atoms with Crippen LogP contribution in [0.2, 0.25) is 0 Å². The SMILES string of the molecule is Cc1ccc(Oc2cccc(C#N)c2)c(C(C)(C)C)c1. The van der Waals surface area contributed by atoms with E-state index in [9.17, 15) is 0 Å². The van der Waals surface area contributed by atoms with Crippen LogP contribution in [0.3, 0.4) is 0 Å². The van der Waals surface area contributed by atoms with E-state index < -0.39 is 0 Å².